The number of nitrogens with zero attached hydrogens (tertiary/aromatic N) is 6. The maximum Gasteiger partial charge on any atom is 0.291 e. The highest BCUT2D eigenvalue weighted by Crippen LogP contribution is 2.37. The third-order valence-corrected chi connectivity index (χ3v) is 4.20. The Hall–Kier alpha value is -3.64. The van der Waals surface area contributed by atoms with E-state index in [9.17, 15) is 14.4 Å². The first-order valence-electron chi connectivity index (χ1n) is 7.48. The van der Waals surface area contributed by atoms with Crippen molar-refractivity contribution in [2.45, 2.75) is 12.8 Å². The average Bonchev–Trinajstić information content (AvgIpc) is 3.37. The van der Waals surface area contributed by atoms with Crippen molar-refractivity contribution in [2.75, 3.05) is 13.1 Å². The second kappa shape index (κ2) is 6.70. The first kappa shape index (κ1) is 17.2. The molecule has 3 N–H and O–H groups in total. The van der Waals surface area contributed by atoms with Crippen molar-refractivity contribution in [1.82, 2.24) is 40.2 Å². The van der Waals surface area contributed by atoms with Gasteiger partial charge in [0.15, 0.2) is 0 Å². The molecule has 2 aromatic rings. The Kier molecular flexibility index (Phi) is 4.43. The maximum atomic E-state index is 12.5. The number of aromatic nitrogens is 6. The number of carboxylic acid groups (broad SMARTS) is 1. The summed E-state index contributed by atoms with van der Waals surface area (Å²) in [6, 6.07) is 0. The third-order valence-electron chi connectivity index (χ3n) is 4.20. The SMILES string of the molecule is O=C1CC2(CCN(C(=O)c3nc(-n4cnnc4)n[nH]3)C2)C(=O)N1.O=CO. The number of amides is 3. The lowest BCUT2D eigenvalue weighted by Gasteiger charge is -2.19. The van der Waals surface area contributed by atoms with Crippen LogP contribution in [0.2, 0.25) is 0 Å². The molecule has 1 unspecified atom stereocenters. The molecule has 2 saturated heterocycles. The molecule has 2 aliphatic heterocycles. The second-order valence-electron chi connectivity index (χ2n) is 5.77. The fraction of sp³-hybridized carbons (Fsp3) is 0.385. The number of aromatic amines is 1. The van der Waals surface area contributed by atoms with E-state index in [2.05, 4.69) is 30.7 Å². The average molecular weight is 362 g/mol. The van der Waals surface area contributed by atoms with E-state index in [4.69, 9.17) is 9.90 Å². The van der Waals surface area contributed by atoms with Gasteiger partial charge in [0.05, 0.1) is 5.41 Å². The zero-order valence-corrected chi connectivity index (χ0v) is 13.3. The summed E-state index contributed by atoms with van der Waals surface area (Å²) in [5, 5.41) is 23.0. The van der Waals surface area contributed by atoms with Crippen molar-refractivity contribution >= 4 is 24.2 Å². The summed E-state index contributed by atoms with van der Waals surface area (Å²) in [6.07, 6.45) is 3.41. The van der Waals surface area contributed by atoms with Gasteiger partial charge in [-0.25, -0.2) is 0 Å². The van der Waals surface area contributed by atoms with Crippen LogP contribution >= 0.6 is 0 Å². The predicted molar refractivity (Wildman–Crippen MR) is 80.7 cm³/mol. The minimum atomic E-state index is -0.802. The van der Waals surface area contributed by atoms with Crippen molar-refractivity contribution < 1.29 is 24.3 Å². The number of hydrogen-bond donors (Lipinski definition) is 3. The van der Waals surface area contributed by atoms with E-state index in [1.54, 1.807) is 0 Å². The van der Waals surface area contributed by atoms with Gasteiger partial charge < -0.3 is 10.0 Å². The Morgan fingerprint density at radius 3 is 2.62 bits per heavy atom. The summed E-state index contributed by atoms with van der Waals surface area (Å²) in [5.74, 6) is -0.642. The van der Waals surface area contributed by atoms with E-state index in [0.717, 1.165) is 0 Å². The van der Waals surface area contributed by atoms with Crippen molar-refractivity contribution in [3.05, 3.63) is 18.5 Å². The molecule has 2 fully saturated rings. The fourth-order valence-electron chi connectivity index (χ4n) is 2.98. The quantitative estimate of drug-likeness (QED) is 0.401. The van der Waals surface area contributed by atoms with Crippen LogP contribution in [0.15, 0.2) is 12.7 Å². The minimum absolute atomic E-state index is 0.0653. The van der Waals surface area contributed by atoms with Crippen molar-refractivity contribution in [3.8, 4) is 5.95 Å². The highest BCUT2D eigenvalue weighted by Gasteiger charge is 2.52. The van der Waals surface area contributed by atoms with Crippen LogP contribution in [0.25, 0.3) is 5.95 Å². The Morgan fingerprint density at radius 2 is 2.00 bits per heavy atom. The Bertz CT molecular complexity index is 847. The molecular weight excluding hydrogens is 348 g/mol. The molecule has 0 radical (unpaired) electrons. The molecule has 0 aliphatic carbocycles. The van der Waals surface area contributed by atoms with Crippen LogP contribution in [-0.4, -0.2) is 77.2 Å². The zero-order chi connectivity index (χ0) is 18.7. The summed E-state index contributed by atoms with van der Waals surface area (Å²) < 4.78 is 1.46. The molecule has 13 nitrogen and oxygen atoms in total. The smallest absolute Gasteiger partial charge is 0.291 e. The summed E-state index contributed by atoms with van der Waals surface area (Å²) in [5.41, 5.74) is -0.802. The van der Waals surface area contributed by atoms with E-state index < -0.39 is 5.41 Å². The molecule has 1 spiro atoms. The number of H-pyrrole nitrogens is 1. The third kappa shape index (κ3) is 3.01. The van der Waals surface area contributed by atoms with Crippen molar-refractivity contribution in [1.29, 1.82) is 0 Å². The van der Waals surface area contributed by atoms with E-state index >= 15 is 0 Å². The molecule has 4 heterocycles. The minimum Gasteiger partial charge on any atom is -0.483 e. The van der Waals surface area contributed by atoms with Crippen LogP contribution in [0.1, 0.15) is 23.5 Å². The maximum absolute atomic E-state index is 12.5. The van der Waals surface area contributed by atoms with Crippen molar-refractivity contribution in [2.24, 2.45) is 5.41 Å². The van der Waals surface area contributed by atoms with Gasteiger partial charge in [0.2, 0.25) is 17.6 Å². The number of carbonyl (C=O) groups is 4. The number of carbonyl (C=O) groups excluding carboxylic acids is 3. The van der Waals surface area contributed by atoms with Gasteiger partial charge >= 0.3 is 0 Å². The Morgan fingerprint density at radius 1 is 1.31 bits per heavy atom. The molecule has 136 valence electrons. The van der Waals surface area contributed by atoms with Crippen LogP contribution in [0, 0.1) is 5.41 Å². The number of imide groups is 1. The van der Waals surface area contributed by atoms with Gasteiger partial charge in [-0.3, -0.25) is 34.2 Å². The van der Waals surface area contributed by atoms with Crippen LogP contribution in [0.4, 0.5) is 0 Å². The zero-order valence-electron chi connectivity index (χ0n) is 13.3. The van der Waals surface area contributed by atoms with Gasteiger partial charge in [-0.2, -0.15) is 4.98 Å². The predicted octanol–water partition coefficient (Wildman–Crippen LogP) is -2.03. The van der Waals surface area contributed by atoms with Gasteiger partial charge in [0.25, 0.3) is 18.3 Å². The van der Waals surface area contributed by atoms with Gasteiger partial charge in [-0.05, 0) is 6.42 Å². The molecule has 4 rings (SSSR count). The summed E-state index contributed by atoms with van der Waals surface area (Å²) >= 11 is 0. The molecule has 0 saturated carbocycles. The Balaban J connectivity index is 0.000000613. The number of rotatable bonds is 2. The second-order valence-corrected chi connectivity index (χ2v) is 5.77. The molecule has 2 aromatic heterocycles. The van der Waals surface area contributed by atoms with Crippen LogP contribution in [0.5, 0.6) is 0 Å². The van der Waals surface area contributed by atoms with Crippen LogP contribution in [-0.2, 0) is 14.4 Å². The van der Waals surface area contributed by atoms with E-state index in [1.165, 1.54) is 22.1 Å². The lowest BCUT2D eigenvalue weighted by atomic mass is 9.85. The first-order chi connectivity index (χ1) is 12.5. The Labute approximate surface area is 145 Å². The van der Waals surface area contributed by atoms with E-state index in [-0.39, 0.29) is 48.9 Å². The molecule has 1 atom stereocenters. The largest absolute Gasteiger partial charge is 0.483 e. The van der Waals surface area contributed by atoms with Gasteiger partial charge in [-0.1, -0.05) is 0 Å². The first-order valence-corrected chi connectivity index (χ1v) is 7.48. The number of likely N-dealkylation sites (tertiary alicyclic amines) is 1. The highest BCUT2D eigenvalue weighted by atomic mass is 16.3. The lowest BCUT2D eigenvalue weighted by molar-refractivity contribution is -0.128. The molecule has 26 heavy (non-hydrogen) atoms. The number of nitrogens with one attached hydrogen (secondary N) is 2. The molecule has 13 heteroatoms. The molecule has 2 aliphatic rings. The van der Waals surface area contributed by atoms with E-state index in [0.29, 0.717) is 13.0 Å². The highest BCUT2D eigenvalue weighted by molar-refractivity contribution is 6.06. The number of hydrogen-bond acceptors (Lipinski definition) is 8. The van der Waals surface area contributed by atoms with Gasteiger partial charge in [0.1, 0.15) is 12.7 Å². The summed E-state index contributed by atoms with van der Waals surface area (Å²) in [6.45, 7) is 0.342. The van der Waals surface area contributed by atoms with Gasteiger partial charge in [0, 0.05) is 19.5 Å². The van der Waals surface area contributed by atoms with Crippen LogP contribution < -0.4 is 5.32 Å². The molecule has 0 bridgehead atoms. The van der Waals surface area contributed by atoms with Crippen molar-refractivity contribution in [3.63, 3.8) is 0 Å². The lowest BCUT2D eigenvalue weighted by Crippen LogP contribution is -2.37. The monoisotopic (exact) mass is 362 g/mol. The fourth-order valence-corrected chi connectivity index (χ4v) is 2.98. The molecule has 3 amide bonds. The standard InChI is InChI=1S/C12H12N8O3.CH2O2/c21-7-3-12(10(23)15-7)1-2-19(4-12)9(22)8-16-11(18-17-8)20-5-13-14-6-20;2-1-3/h5-6H,1-4H2,(H,15,21,23)(H,16,17,18);1H,(H,2,3). The summed E-state index contributed by atoms with van der Waals surface area (Å²) in [4.78, 5) is 49.8. The molecular formula is C13H14N8O5. The van der Waals surface area contributed by atoms with E-state index in [1.807, 2.05) is 0 Å². The van der Waals surface area contributed by atoms with Gasteiger partial charge in [-0.15, -0.1) is 15.3 Å². The molecule has 0 aromatic carbocycles. The summed E-state index contributed by atoms with van der Waals surface area (Å²) in [7, 11) is 0. The topological polar surface area (TPSA) is 176 Å². The normalized spacial score (nSPS) is 21.5. The van der Waals surface area contributed by atoms with Crippen LogP contribution in [0.3, 0.4) is 0 Å².